The molecule has 2 aromatic rings. The minimum absolute atomic E-state index is 0.0518. The van der Waals surface area contributed by atoms with E-state index in [4.69, 9.17) is 4.74 Å². The number of ether oxygens (including phenoxy) is 2. The predicted molar refractivity (Wildman–Crippen MR) is 102 cm³/mol. The highest BCUT2D eigenvalue weighted by atomic mass is 16.6. The topological polar surface area (TPSA) is 108 Å². The van der Waals surface area contributed by atoms with Crippen molar-refractivity contribution in [2.24, 2.45) is 0 Å². The van der Waals surface area contributed by atoms with Crippen LogP contribution >= 0.6 is 0 Å². The Labute approximate surface area is 162 Å². The molecule has 28 heavy (non-hydrogen) atoms. The summed E-state index contributed by atoms with van der Waals surface area (Å²) < 4.78 is 9.88. The van der Waals surface area contributed by atoms with Gasteiger partial charge in [0.2, 0.25) is 0 Å². The number of hydrogen-bond acceptors (Lipinski definition) is 6. The van der Waals surface area contributed by atoms with Crippen LogP contribution in [-0.4, -0.2) is 30.1 Å². The molecular weight excluding hydrogens is 364 g/mol. The number of esters is 1. The number of carbonyl (C=O) groups excluding carboxylic acids is 2. The summed E-state index contributed by atoms with van der Waals surface area (Å²) in [6, 6.07) is 13.0. The quantitative estimate of drug-likeness (QED) is 0.424. The number of carbonyl (C=O) groups is 2. The van der Waals surface area contributed by atoms with Crippen LogP contribution in [0.4, 0.5) is 10.5 Å². The van der Waals surface area contributed by atoms with Crippen LogP contribution in [0.3, 0.4) is 0 Å². The predicted octanol–water partition coefficient (Wildman–Crippen LogP) is 3.30. The SMILES string of the molecule is COC(=O)CC(Cc1cc([N+](=O)[O-])ccc1C)NC(=O)OCc1ccccc1. The lowest BCUT2D eigenvalue weighted by Gasteiger charge is -2.19. The van der Waals surface area contributed by atoms with Crippen LogP contribution in [0.1, 0.15) is 23.1 Å². The average molecular weight is 386 g/mol. The zero-order chi connectivity index (χ0) is 20.5. The third-order valence-corrected chi connectivity index (χ3v) is 4.19. The Morgan fingerprint density at radius 2 is 1.89 bits per heavy atom. The molecule has 0 aliphatic rings. The highest BCUT2D eigenvalue weighted by molar-refractivity contribution is 5.72. The van der Waals surface area contributed by atoms with Crippen molar-refractivity contribution >= 4 is 17.7 Å². The smallest absolute Gasteiger partial charge is 0.407 e. The number of benzene rings is 2. The number of methoxy groups -OCH3 is 1. The van der Waals surface area contributed by atoms with Crippen molar-refractivity contribution in [1.82, 2.24) is 5.32 Å². The van der Waals surface area contributed by atoms with Crippen molar-refractivity contribution in [2.45, 2.75) is 32.4 Å². The van der Waals surface area contributed by atoms with E-state index in [1.165, 1.54) is 19.2 Å². The van der Waals surface area contributed by atoms with Gasteiger partial charge < -0.3 is 14.8 Å². The van der Waals surface area contributed by atoms with Gasteiger partial charge in [-0.2, -0.15) is 0 Å². The Balaban J connectivity index is 2.07. The third kappa shape index (κ3) is 6.39. The van der Waals surface area contributed by atoms with Gasteiger partial charge in [0.25, 0.3) is 5.69 Å². The second kappa shape index (κ2) is 10.1. The molecule has 1 amide bonds. The third-order valence-electron chi connectivity index (χ3n) is 4.19. The van der Waals surface area contributed by atoms with Crippen LogP contribution in [0.15, 0.2) is 48.5 Å². The van der Waals surface area contributed by atoms with Gasteiger partial charge in [-0.1, -0.05) is 36.4 Å². The molecule has 2 rings (SSSR count). The second-order valence-corrected chi connectivity index (χ2v) is 6.26. The number of non-ortho nitro benzene ring substituents is 1. The molecule has 148 valence electrons. The molecule has 1 unspecified atom stereocenters. The van der Waals surface area contributed by atoms with E-state index in [-0.39, 0.29) is 25.1 Å². The van der Waals surface area contributed by atoms with Gasteiger partial charge in [-0.15, -0.1) is 0 Å². The molecule has 0 bridgehead atoms. The lowest BCUT2D eigenvalue weighted by atomic mass is 9.98. The van der Waals surface area contributed by atoms with Gasteiger partial charge in [-0.05, 0) is 30.0 Å². The van der Waals surface area contributed by atoms with Crippen LogP contribution < -0.4 is 5.32 Å². The van der Waals surface area contributed by atoms with Gasteiger partial charge in [-0.25, -0.2) is 4.79 Å². The Hall–Kier alpha value is -3.42. The maximum atomic E-state index is 12.2. The summed E-state index contributed by atoms with van der Waals surface area (Å²) in [6.45, 7) is 1.90. The molecule has 0 aliphatic heterocycles. The number of nitrogens with zero attached hydrogens (tertiary/aromatic N) is 1. The van der Waals surface area contributed by atoms with Crippen LogP contribution in [0.2, 0.25) is 0 Å². The van der Waals surface area contributed by atoms with Gasteiger partial charge in [0.05, 0.1) is 18.5 Å². The highest BCUT2D eigenvalue weighted by Gasteiger charge is 2.20. The molecule has 1 N–H and O–H groups in total. The van der Waals surface area contributed by atoms with E-state index in [2.05, 4.69) is 10.1 Å². The fraction of sp³-hybridized carbons (Fsp3) is 0.300. The minimum atomic E-state index is -0.680. The largest absolute Gasteiger partial charge is 0.469 e. The Bertz CT molecular complexity index is 838. The van der Waals surface area contributed by atoms with Crippen molar-refractivity contribution in [2.75, 3.05) is 7.11 Å². The zero-order valence-corrected chi connectivity index (χ0v) is 15.7. The number of hydrogen-bond donors (Lipinski definition) is 1. The second-order valence-electron chi connectivity index (χ2n) is 6.26. The normalized spacial score (nSPS) is 11.4. The molecule has 0 heterocycles. The molecule has 0 saturated heterocycles. The summed E-state index contributed by atoms with van der Waals surface area (Å²) in [4.78, 5) is 34.4. The van der Waals surface area contributed by atoms with E-state index in [1.807, 2.05) is 37.3 Å². The highest BCUT2D eigenvalue weighted by Crippen LogP contribution is 2.19. The fourth-order valence-electron chi connectivity index (χ4n) is 2.65. The van der Waals surface area contributed by atoms with Crippen LogP contribution in [0, 0.1) is 17.0 Å². The summed E-state index contributed by atoms with van der Waals surface area (Å²) in [7, 11) is 1.26. The van der Waals surface area contributed by atoms with E-state index in [0.717, 1.165) is 11.1 Å². The molecule has 0 saturated carbocycles. The summed E-state index contributed by atoms with van der Waals surface area (Å²) in [6.07, 6.45) is -0.539. The van der Waals surface area contributed by atoms with E-state index < -0.39 is 23.0 Å². The number of nitro benzene ring substituents is 1. The monoisotopic (exact) mass is 386 g/mol. The number of aryl methyl sites for hydroxylation is 1. The first-order chi connectivity index (χ1) is 13.4. The van der Waals surface area contributed by atoms with Gasteiger partial charge >= 0.3 is 12.1 Å². The lowest BCUT2D eigenvalue weighted by molar-refractivity contribution is -0.384. The Morgan fingerprint density at radius 3 is 2.54 bits per heavy atom. The first kappa shape index (κ1) is 20.9. The van der Waals surface area contributed by atoms with E-state index >= 15 is 0 Å². The maximum Gasteiger partial charge on any atom is 0.407 e. The van der Waals surface area contributed by atoms with E-state index in [0.29, 0.717) is 5.56 Å². The van der Waals surface area contributed by atoms with Gasteiger partial charge in [0.1, 0.15) is 6.61 Å². The minimum Gasteiger partial charge on any atom is -0.469 e. The number of nitrogens with one attached hydrogen (secondary N) is 1. The molecule has 0 spiro atoms. The molecular formula is C20H22N2O6. The molecule has 0 aliphatic carbocycles. The first-order valence-corrected chi connectivity index (χ1v) is 8.67. The molecule has 2 aromatic carbocycles. The van der Waals surface area contributed by atoms with Crippen molar-refractivity contribution in [1.29, 1.82) is 0 Å². The average Bonchev–Trinajstić information content (AvgIpc) is 2.68. The standard InChI is InChI=1S/C20H22N2O6/c1-14-8-9-18(22(25)26)11-16(14)10-17(12-19(23)27-2)21-20(24)28-13-15-6-4-3-5-7-15/h3-9,11,17H,10,12-13H2,1-2H3,(H,21,24). The summed E-state index contributed by atoms with van der Waals surface area (Å²) in [5.74, 6) is -0.503. The van der Waals surface area contributed by atoms with E-state index in [9.17, 15) is 19.7 Å². The van der Waals surface area contributed by atoms with Gasteiger partial charge in [0, 0.05) is 18.2 Å². The summed E-state index contributed by atoms with van der Waals surface area (Å²) >= 11 is 0. The molecule has 8 heteroatoms. The molecule has 0 aromatic heterocycles. The molecule has 0 radical (unpaired) electrons. The van der Waals surface area contributed by atoms with Gasteiger partial charge in [-0.3, -0.25) is 14.9 Å². The van der Waals surface area contributed by atoms with Crippen LogP contribution in [-0.2, 0) is 27.3 Å². The molecule has 1 atom stereocenters. The number of amides is 1. The van der Waals surface area contributed by atoms with Crippen LogP contribution in [0.5, 0.6) is 0 Å². The van der Waals surface area contributed by atoms with Crippen molar-refractivity contribution < 1.29 is 24.0 Å². The number of nitro groups is 1. The number of alkyl carbamates (subject to hydrolysis) is 1. The van der Waals surface area contributed by atoms with Crippen molar-refractivity contribution in [3.05, 3.63) is 75.3 Å². The zero-order valence-electron chi connectivity index (χ0n) is 15.7. The van der Waals surface area contributed by atoms with Gasteiger partial charge in [0.15, 0.2) is 0 Å². The Morgan fingerprint density at radius 1 is 1.18 bits per heavy atom. The number of rotatable bonds is 8. The lowest BCUT2D eigenvalue weighted by Crippen LogP contribution is -2.38. The van der Waals surface area contributed by atoms with Crippen molar-refractivity contribution in [3.8, 4) is 0 Å². The first-order valence-electron chi connectivity index (χ1n) is 8.67. The molecule has 8 nitrogen and oxygen atoms in total. The maximum absolute atomic E-state index is 12.2. The van der Waals surface area contributed by atoms with Crippen molar-refractivity contribution in [3.63, 3.8) is 0 Å². The van der Waals surface area contributed by atoms with E-state index in [1.54, 1.807) is 6.07 Å². The summed E-state index contributed by atoms with van der Waals surface area (Å²) in [5.41, 5.74) is 2.26. The summed E-state index contributed by atoms with van der Waals surface area (Å²) in [5, 5.41) is 13.7. The fourth-order valence-corrected chi connectivity index (χ4v) is 2.65. The Kier molecular flexibility index (Phi) is 7.50. The molecule has 0 fully saturated rings. The van der Waals surface area contributed by atoms with Crippen LogP contribution in [0.25, 0.3) is 0 Å².